The summed E-state index contributed by atoms with van der Waals surface area (Å²) in [6, 6.07) is 2.08. The van der Waals surface area contributed by atoms with Crippen LogP contribution >= 0.6 is 11.8 Å². The summed E-state index contributed by atoms with van der Waals surface area (Å²) < 4.78 is 11.1. The molecule has 18 heavy (non-hydrogen) atoms. The second kappa shape index (κ2) is 6.21. The Hall–Kier alpha value is -1.06. The highest BCUT2D eigenvalue weighted by Crippen LogP contribution is 2.40. The SMILES string of the molecule is CCOC1(c2noc(CSCC#N)n2)CCCC1. The molecule has 0 aliphatic heterocycles. The summed E-state index contributed by atoms with van der Waals surface area (Å²) in [4.78, 5) is 4.42. The number of aromatic nitrogens is 2. The zero-order valence-corrected chi connectivity index (χ0v) is 11.3. The van der Waals surface area contributed by atoms with Gasteiger partial charge in [0.2, 0.25) is 11.7 Å². The number of ether oxygens (including phenoxy) is 1. The molecule has 5 nitrogen and oxygen atoms in total. The highest BCUT2D eigenvalue weighted by molar-refractivity contribution is 7.98. The van der Waals surface area contributed by atoms with Crippen molar-refractivity contribution in [2.75, 3.05) is 12.4 Å². The van der Waals surface area contributed by atoms with Gasteiger partial charge in [-0.1, -0.05) is 5.16 Å². The number of nitriles is 1. The fourth-order valence-corrected chi connectivity index (χ4v) is 2.82. The van der Waals surface area contributed by atoms with Crippen LogP contribution in [0.25, 0.3) is 0 Å². The van der Waals surface area contributed by atoms with Gasteiger partial charge in [-0.15, -0.1) is 11.8 Å². The van der Waals surface area contributed by atoms with Crippen LogP contribution in [0.3, 0.4) is 0 Å². The maximum atomic E-state index is 8.48. The Morgan fingerprint density at radius 3 is 2.94 bits per heavy atom. The van der Waals surface area contributed by atoms with E-state index in [0.29, 0.717) is 29.8 Å². The van der Waals surface area contributed by atoms with E-state index < -0.39 is 0 Å². The summed E-state index contributed by atoms with van der Waals surface area (Å²) in [6.07, 6.45) is 4.22. The Kier molecular flexibility index (Phi) is 4.61. The van der Waals surface area contributed by atoms with E-state index >= 15 is 0 Å². The van der Waals surface area contributed by atoms with E-state index in [-0.39, 0.29) is 5.60 Å². The Morgan fingerprint density at radius 2 is 2.28 bits per heavy atom. The first kappa shape index (κ1) is 13.4. The molecule has 1 aromatic rings. The smallest absolute Gasteiger partial charge is 0.236 e. The molecule has 2 rings (SSSR count). The van der Waals surface area contributed by atoms with Gasteiger partial charge < -0.3 is 9.26 Å². The third-order valence-corrected chi connectivity index (χ3v) is 3.88. The molecule has 1 heterocycles. The van der Waals surface area contributed by atoms with Gasteiger partial charge in [-0.05, 0) is 32.6 Å². The lowest BCUT2D eigenvalue weighted by Gasteiger charge is -2.24. The zero-order chi connectivity index (χ0) is 12.8. The van der Waals surface area contributed by atoms with Gasteiger partial charge >= 0.3 is 0 Å². The maximum Gasteiger partial charge on any atom is 0.236 e. The molecular formula is C12H17N3O2S. The fourth-order valence-electron chi connectivity index (χ4n) is 2.34. The second-order valence-corrected chi connectivity index (χ2v) is 5.28. The largest absolute Gasteiger partial charge is 0.367 e. The third-order valence-electron chi connectivity index (χ3n) is 3.10. The molecule has 0 aromatic carbocycles. The summed E-state index contributed by atoms with van der Waals surface area (Å²) >= 11 is 1.48. The normalized spacial score (nSPS) is 17.8. The molecule has 0 radical (unpaired) electrons. The molecule has 0 saturated heterocycles. The molecule has 0 spiro atoms. The van der Waals surface area contributed by atoms with Crippen molar-refractivity contribution < 1.29 is 9.26 Å². The van der Waals surface area contributed by atoms with Crippen LogP contribution in [-0.4, -0.2) is 22.5 Å². The van der Waals surface area contributed by atoms with Crippen molar-refractivity contribution in [3.8, 4) is 6.07 Å². The van der Waals surface area contributed by atoms with Gasteiger partial charge in [0.15, 0.2) is 0 Å². The Morgan fingerprint density at radius 1 is 1.50 bits per heavy atom. The van der Waals surface area contributed by atoms with Crippen LogP contribution in [-0.2, 0) is 16.1 Å². The highest BCUT2D eigenvalue weighted by Gasteiger charge is 2.40. The van der Waals surface area contributed by atoms with Crippen LogP contribution in [0.4, 0.5) is 0 Å². The molecule has 1 aliphatic carbocycles. The van der Waals surface area contributed by atoms with Gasteiger partial charge in [0, 0.05) is 6.61 Å². The van der Waals surface area contributed by atoms with Crippen molar-refractivity contribution in [2.45, 2.75) is 44.0 Å². The van der Waals surface area contributed by atoms with Crippen molar-refractivity contribution >= 4 is 11.8 Å². The fraction of sp³-hybridized carbons (Fsp3) is 0.750. The minimum Gasteiger partial charge on any atom is -0.367 e. The molecule has 0 atom stereocenters. The van der Waals surface area contributed by atoms with Crippen molar-refractivity contribution in [1.82, 2.24) is 10.1 Å². The van der Waals surface area contributed by atoms with E-state index in [1.807, 2.05) is 6.92 Å². The number of hydrogen-bond donors (Lipinski definition) is 0. The molecule has 1 saturated carbocycles. The predicted octanol–water partition coefficient (Wildman–Crippen LogP) is 2.63. The summed E-state index contributed by atoms with van der Waals surface area (Å²) in [5.74, 6) is 2.28. The van der Waals surface area contributed by atoms with Crippen LogP contribution in [0.5, 0.6) is 0 Å². The lowest BCUT2D eigenvalue weighted by atomic mass is 10.0. The first-order chi connectivity index (χ1) is 8.80. The van der Waals surface area contributed by atoms with Crippen molar-refractivity contribution in [3.63, 3.8) is 0 Å². The molecular weight excluding hydrogens is 250 g/mol. The summed E-state index contributed by atoms with van der Waals surface area (Å²) in [5, 5.41) is 12.5. The standard InChI is InChI=1S/C12H17N3O2S/c1-2-16-12(5-3-4-6-12)11-14-10(17-15-11)9-18-8-7-13/h2-6,8-9H2,1H3. The van der Waals surface area contributed by atoms with Crippen LogP contribution < -0.4 is 0 Å². The first-order valence-electron chi connectivity index (χ1n) is 6.22. The zero-order valence-electron chi connectivity index (χ0n) is 10.5. The molecule has 1 fully saturated rings. The monoisotopic (exact) mass is 267 g/mol. The Bertz CT molecular complexity index is 421. The van der Waals surface area contributed by atoms with Gasteiger partial charge in [0.1, 0.15) is 5.60 Å². The van der Waals surface area contributed by atoms with Crippen LogP contribution in [0.15, 0.2) is 4.52 Å². The van der Waals surface area contributed by atoms with E-state index in [2.05, 4.69) is 16.2 Å². The Labute approximate surface area is 111 Å². The molecule has 6 heteroatoms. The van der Waals surface area contributed by atoms with Crippen molar-refractivity contribution in [2.24, 2.45) is 0 Å². The van der Waals surface area contributed by atoms with Crippen molar-refractivity contribution in [1.29, 1.82) is 5.26 Å². The van der Waals surface area contributed by atoms with E-state index in [1.165, 1.54) is 11.8 Å². The lowest BCUT2D eigenvalue weighted by Crippen LogP contribution is -2.27. The highest BCUT2D eigenvalue weighted by atomic mass is 32.2. The quantitative estimate of drug-likeness (QED) is 0.738. The summed E-state index contributed by atoms with van der Waals surface area (Å²) in [6.45, 7) is 2.65. The van der Waals surface area contributed by atoms with Gasteiger partial charge in [-0.2, -0.15) is 10.2 Å². The minimum absolute atomic E-state index is 0.337. The van der Waals surface area contributed by atoms with Gasteiger partial charge in [0.25, 0.3) is 0 Å². The molecule has 98 valence electrons. The van der Waals surface area contributed by atoms with E-state index in [9.17, 15) is 0 Å². The molecule has 0 amide bonds. The van der Waals surface area contributed by atoms with E-state index in [4.69, 9.17) is 14.5 Å². The molecule has 0 unspecified atom stereocenters. The second-order valence-electron chi connectivity index (χ2n) is 4.30. The Balaban J connectivity index is 2.05. The van der Waals surface area contributed by atoms with Crippen molar-refractivity contribution in [3.05, 3.63) is 11.7 Å². The number of rotatable bonds is 6. The molecule has 0 N–H and O–H groups in total. The number of hydrogen-bond acceptors (Lipinski definition) is 6. The molecule has 0 bridgehead atoms. The van der Waals surface area contributed by atoms with Crippen LogP contribution in [0, 0.1) is 11.3 Å². The lowest BCUT2D eigenvalue weighted by molar-refractivity contribution is -0.0469. The van der Waals surface area contributed by atoms with Crippen LogP contribution in [0.2, 0.25) is 0 Å². The predicted molar refractivity (Wildman–Crippen MR) is 67.8 cm³/mol. The third kappa shape index (κ3) is 2.85. The average Bonchev–Trinajstić information content (AvgIpc) is 2.99. The van der Waals surface area contributed by atoms with Gasteiger partial charge in [0.05, 0.1) is 17.6 Å². The number of nitrogens with zero attached hydrogens (tertiary/aromatic N) is 3. The van der Waals surface area contributed by atoms with E-state index in [1.54, 1.807) is 0 Å². The topological polar surface area (TPSA) is 71.9 Å². The number of thioether (sulfide) groups is 1. The first-order valence-corrected chi connectivity index (χ1v) is 7.38. The summed E-state index contributed by atoms with van der Waals surface area (Å²) in [5.41, 5.74) is -0.337. The van der Waals surface area contributed by atoms with E-state index in [0.717, 1.165) is 25.7 Å². The molecule has 1 aromatic heterocycles. The van der Waals surface area contributed by atoms with Gasteiger partial charge in [-0.25, -0.2) is 0 Å². The molecule has 1 aliphatic rings. The summed E-state index contributed by atoms with van der Waals surface area (Å²) in [7, 11) is 0. The van der Waals surface area contributed by atoms with Crippen LogP contribution in [0.1, 0.15) is 44.3 Å². The van der Waals surface area contributed by atoms with Gasteiger partial charge in [-0.3, -0.25) is 0 Å². The maximum absolute atomic E-state index is 8.48. The minimum atomic E-state index is -0.337. The average molecular weight is 267 g/mol.